The molecule has 94 valence electrons. The van der Waals surface area contributed by atoms with E-state index in [0.29, 0.717) is 0 Å². The lowest BCUT2D eigenvalue weighted by molar-refractivity contribution is 0.101. The minimum Gasteiger partial charge on any atom is -0.344 e. The van der Waals surface area contributed by atoms with Gasteiger partial charge in [0.2, 0.25) is 0 Å². The van der Waals surface area contributed by atoms with Crippen molar-refractivity contribution in [3.63, 3.8) is 0 Å². The van der Waals surface area contributed by atoms with Crippen LogP contribution in [0.3, 0.4) is 0 Å². The van der Waals surface area contributed by atoms with Crippen LogP contribution in [0.2, 0.25) is 0 Å². The fourth-order valence-corrected chi connectivity index (χ4v) is 2.31. The largest absolute Gasteiger partial charge is 0.344 e. The van der Waals surface area contributed by atoms with Gasteiger partial charge in [-0.25, -0.2) is 0 Å². The molecule has 2 heteroatoms. The molecule has 0 atom stereocenters. The molecule has 0 amide bonds. The molecule has 0 N–H and O–H groups in total. The summed E-state index contributed by atoms with van der Waals surface area (Å²) in [6, 6.07) is 16.1. The maximum atomic E-state index is 11.3. The monoisotopic (exact) mass is 249 g/mol. The Morgan fingerprint density at radius 3 is 2.53 bits per heavy atom. The number of carbonyl (C=O) groups excluding carboxylic acids is 1. The van der Waals surface area contributed by atoms with Gasteiger partial charge in [-0.3, -0.25) is 4.79 Å². The van der Waals surface area contributed by atoms with Gasteiger partial charge in [-0.2, -0.15) is 0 Å². The van der Waals surface area contributed by atoms with E-state index >= 15 is 0 Å². The topological polar surface area (TPSA) is 20.3 Å². The zero-order valence-electron chi connectivity index (χ0n) is 10.8. The zero-order valence-corrected chi connectivity index (χ0v) is 10.8. The molecule has 0 saturated carbocycles. The molecule has 0 aliphatic carbocycles. The normalized spacial score (nSPS) is 13.2. The Morgan fingerprint density at radius 2 is 1.79 bits per heavy atom. The van der Waals surface area contributed by atoms with Crippen LogP contribution < -0.4 is 4.90 Å². The summed E-state index contributed by atoms with van der Waals surface area (Å²) in [5.74, 6) is 0.103. The van der Waals surface area contributed by atoms with Crippen LogP contribution in [-0.4, -0.2) is 5.78 Å². The van der Waals surface area contributed by atoms with E-state index < -0.39 is 0 Å². The first-order valence-corrected chi connectivity index (χ1v) is 6.38. The molecule has 1 aliphatic heterocycles. The second kappa shape index (κ2) is 4.73. The van der Waals surface area contributed by atoms with Gasteiger partial charge >= 0.3 is 0 Å². The van der Waals surface area contributed by atoms with Gasteiger partial charge in [0.05, 0.1) is 0 Å². The third kappa shape index (κ3) is 2.29. The minimum absolute atomic E-state index is 0.103. The van der Waals surface area contributed by atoms with E-state index in [1.807, 2.05) is 24.3 Å². The van der Waals surface area contributed by atoms with E-state index in [1.54, 1.807) is 6.92 Å². The van der Waals surface area contributed by atoms with Crippen molar-refractivity contribution in [1.82, 2.24) is 0 Å². The molecular formula is C17H15NO. The summed E-state index contributed by atoms with van der Waals surface area (Å²) in [5, 5.41) is 0. The summed E-state index contributed by atoms with van der Waals surface area (Å²) in [4.78, 5) is 13.5. The Balaban J connectivity index is 1.87. The molecule has 2 aromatic carbocycles. The first-order valence-electron chi connectivity index (χ1n) is 6.38. The summed E-state index contributed by atoms with van der Waals surface area (Å²) in [5.41, 5.74) is 4.46. The summed E-state index contributed by atoms with van der Waals surface area (Å²) >= 11 is 0. The van der Waals surface area contributed by atoms with Crippen molar-refractivity contribution in [2.75, 3.05) is 4.90 Å². The minimum atomic E-state index is 0.103. The molecule has 0 radical (unpaired) electrons. The smallest absolute Gasteiger partial charge is 0.159 e. The molecule has 0 aromatic heterocycles. The Kier molecular flexibility index (Phi) is 2.92. The summed E-state index contributed by atoms with van der Waals surface area (Å²) in [6.07, 6.45) is 4.21. The van der Waals surface area contributed by atoms with Crippen molar-refractivity contribution in [3.05, 3.63) is 71.4 Å². The molecule has 0 bridgehead atoms. The van der Waals surface area contributed by atoms with Gasteiger partial charge in [0, 0.05) is 24.0 Å². The van der Waals surface area contributed by atoms with Gasteiger partial charge in [-0.15, -0.1) is 0 Å². The van der Waals surface area contributed by atoms with Crippen molar-refractivity contribution in [2.24, 2.45) is 0 Å². The highest BCUT2D eigenvalue weighted by Gasteiger charge is 2.11. The van der Waals surface area contributed by atoms with Crippen LogP contribution in [0.15, 0.2) is 54.7 Å². The summed E-state index contributed by atoms with van der Waals surface area (Å²) < 4.78 is 0. The number of ketones is 1. The lowest BCUT2D eigenvalue weighted by Gasteiger charge is -2.25. The quantitative estimate of drug-likeness (QED) is 0.753. The maximum absolute atomic E-state index is 11.3. The van der Waals surface area contributed by atoms with Crippen LogP contribution in [0.25, 0.3) is 6.08 Å². The lowest BCUT2D eigenvalue weighted by Crippen LogP contribution is -2.18. The van der Waals surface area contributed by atoms with E-state index in [4.69, 9.17) is 0 Å². The van der Waals surface area contributed by atoms with Crippen LogP contribution in [0.5, 0.6) is 0 Å². The number of nitrogens with zero attached hydrogens (tertiary/aromatic N) is 1. The first-order chi connectivity index (χ1) is 9.24. The Morgan fingerprint density at radius 1 is 1.05 bits per heavy atom. The Labute approximate surface area is 113 Å². The summed E-state index contributed by atoms with van der Waals surface area (Å²) in [7, 11) is 0. The molecule has 0 unspecified atom stereocenters. The molecule has 2 nitrogen and oxygen atoms in total. The number of benzene rings is 2. The molecule has 0 saturated heterocycles. The van der Waals surface area contributed by atoms with Crippen molar-refractivity contribution in [2.45, 2.75) is 13.5 Å². The number of hydrogen-bond donors (Lipinski definition) is 0. The average Bonchev–Trinajstić information content (AvgIpc) is 2.47. The third-order valence-corrected chi connectivity index (χ3v) is 3.44. The third-order valence-electron chi connectivity index (χ3n) is 3.44. The average molecular weight is 249 g/mol. The highest BCUT2D eigenvalue weighted by atomic mass is 16.1. The van der Waals surface area contributed by atoms with Crippen LogP contribution in [0.1, 0.15) is 28.4 Å². The number of Topliss-reactive ketones (excluding diaryl/α,β-unsaturated/α-hetero) is 1. The van der Waals surface area contributed by atoms with E-state index in [-0.39, 0.29) is 5.78 Å². The van der Waals surface area contributed by atoms with Gasteiger partial charge < -0.3 is 4.90 Å². The van der Waals surface area contributed by atoms with Crippen LogP contribution >= 0.6 is 0 Å². The molecule has 3 rings (SSSR count). The number of anilines is 1. The van der Waals surface area contributed by atoms with Gasteiger partial charge in [0.25, 0.3) is 0 Å². The Hall–Kier alpha value is -2.35. The van der Waals surface area contributed by atoms with Crippen molar-refractivity contribution < 1.29 is 4.79 Å². The SMILES string of the molecule is CC(=O)c1ccc(N2C=Cc3ccccc3C2)cc1. The number of fused-ring (bicyclic) bond motifs is 1. The number of hydrogen-bond acceptors (Lipinski definition) is 2. The molecule has 2 aromatic rings. The van der Waals surface area contributed by atoms with Gasteiger partial charge in [0.15, 0.2) is 5.78 Å². The predicted molar refractivity (Wildman–Crippen MR) is 78.1 cm³/mol. The number of rotatable bonds is 2. The highest BCUT2D eigenvalue weighted by Crippen LogP contribution is 2.25. The van der Waals surface area contributed by atoms with Gasteiger partial charge in [0.1, 0.15) is 0 Å². The second-order valence-electron chi connectivity index (χ2n) is 4.75. The van der Waals surface area contributed by atoms with Gasteiger partial charge in [-0.1, -0.05) is 24.3 Å². The molecular weight excluding hydrogens is 234 g/mol. The molecule has 1 heterocycles. The molecule has 19 heavy (non-hydrogen) atoms. The van der Waals surface area contributed by atoms with E-state index in [9.17, 15) is 4.79 Å². The molecule has 0 fully saturated rings. The van der Waals surface area contributed by atoms with Crippen molar-refractivity contribution in [1.29, 1.82) is 0 Å². The van der Waals surface area contributed by atoms with E-state index in [1.165, 1.54) is 11.1 Å². The number of carbonyl (C=O) groups is 1. The zero-order chi connectivity index (χ0) is 13.2. The van der Waals surface area contributed by atoms with Gasteiger partial charge in [-0.05, 0) is 48.4 Å². The van der Waals surface area contributed by atoms with E-state index in [2.05, 4.69) is 41.4 Å². The van der Waals surface area contributed by atoms with Crippen LogP contribution in [0, 0.1) is 0 Å². The second-order valence-corrected chi connectivity index (χ2v) is 4.75. The summed E-state index contributed by atoms with van der Waals surface area (Å²) in [6.45, 7) is 2.46. The van der Waals surface area contributed by atoms with E-state index in [0.717, 1.165) is 17.8 Å². The standard InChI is InChI=1S/C17H15NO/c1-13(19)14-6-8-17(9-7-14)18-11-10-15-4-2-3-5-16(15)12-18/h2-11H,12H2,1H3. The molecule has 0 spiro atoms. The maximum Gasteiger partial charge on any atom is 0.159 e. The fourth-order valence-electron chi connectivity index (χ4n) is 2.31. The fraction of sp³-hybridized carbons (Fsp3) is 0.118. The Bertz CT molecular complexity index is 641. The highest BCUT2D eigenvalue weighted by molar-refractivity contribution is 5.94. The lowest BCUT2D eigenvalue weighted by atomic mass is 10.0. The van der Waals surface area contributed by atoms with Crippen molar-refractivity contribution in [3.8, 4) is 0 Å². The predicted octanol–water partition coefficient (Wildman–Crippen LogP) is 3.88. The van der Waals surface area contributed by atoms with Crippen molar-refractivity contribution >= 4 is 17.5 Å². The van der Waals surface area contributed by atoms with Crippen LogP contribution in [0.4, 0.5) is 5.69 Å². The molecule has 1 aliphatic rings. The van der Waals surface area contributed by atoms with Crippen LogP contribution in [-0.2, 0) is 6.54 Å². The first kappa shape index (κ1) is 11.7.